The number of hydrogen-bond donors (Lipinski definition) is 0. The van der Waals surface area contributed by atoms with Crippen LogP contribution in [0.25, 0.3) is 0 Å². The molecule has 0 amide bonds. The van der Waals surface area contributed by atoms with Gasteiger partial charge in [-0.3, -0.25) is 0 Å². The summed E-state index contributed by atoms with van der Waals surface area (Å²) in [6.45, 7) is 4.87. The molecule has 0 N–H and O–H groups in total. The minimum Gasteiger partial charge on any atom is -0.356 e. The predicted molar refractivity (Wildman–Crippen MR) is 111 cm³/mol. The highest BCUT2D eigenvalue weighted by Gasteiger charge is 2.34. The van der Waals surface area contributed by atoms with Crippen LogP contribution >= 0.6 is 0 Å². The molecular weight excluding hydrogens is 431 g/mol. The number of halogens is 3. The Kier molecular flexibility index (Phi) is 5.82. The second-order valence-corrected chi connectivity index (χ2v) is 9.68. The standard InChI is InChI=1S/C20H24F3N5O2S/c1-15-24-18(26-7-2-3-8-26)14-19(25-15)27-9-11-28(12-10-27)31(29,30)17-6-4-5-16(13-17)20(21,22)23/h4-6,13-14H,2-3,7-12H2,1H3. The number of benzene rings is 1. The topological polar surface area (TPSA) is 69.6 Å². The zero-order chi connectivity index (χ0) is 22.2. The lowest BCUT2D eigenvalue weighted by atomic mass is 10.2. The van der Waals surface area contributed by atoms with Crippen LogP contribution in [0, 0.1) is 6.92 Å². The molecular formula is C20H24F3N5O2S. The first-order chi connectivity index (χ1) is 14.6. The van der Waals surface area contributed by atoms with Crippen LogP contribution in [0.3, 0.4) is 0 Å². The molecule has 11 heteroatoms. The van der Waals surface area contributed by atoms with Gasteiger partial charge in [-0.25, -0.2) is 18.4 Å². The number of piperazine rings is 1. The Morgan fingerprint density at radius 2 is 1.45 bits per heavy atom. The van der Waals surface area contributed by atoms with Gasteiger partial charge in [0, 0.05) is 45.3 Å². The van der Waals surface area contributed by atoms with Gasteiger partial charge in [-0.05, 0) is 38.0 Å². The van der Waals surface area contributed by atoms with Crippen LogP contribution in [0.1, 0.15) is 24.2 Å². The molecule has 0 atom stereocenters. The van der Waals surface area contributed by atoms with Crippen molar-refractivity contribution in [3.05, 3.63) is 41.7 Å². The van der Waals surface area contributed by atoms with Gasteiger partial charge in [0.1, 0.15) is 17.5 Å². The highest BCUT2D eigenvalue weighted by Crippen LogP contribution is 2.31. The minimum absolute atomic E-state index is 0.167. The molecule has 0 unspecified atom stereocenters. The lowest BCUT2D eigenvalue weighted by molar-refractivity contribution is -0.137. The maximum Gasteiger partial charge on any atom is 0.416 e. The van der Waals surface area contributed by atoms with Crippen LogP contribution in [0.2, 0.25) is 0 Å². The van der Waals surface area contributed by atoms with E-state index in [2.05, 4.69) is 14.9 Å². The van der Waals surface area contributed by atoms with Gasteiger partial charge in [0.15, 0.2) is 0 Å². The Morgan fingerprint density at radius 1 is 0.871 bits per heavy atom. The fraction of sp³-hybridized carbons (Fsp3) is 0.500. The van der Waals surface area contributed by atoms with Crippen molar-refractivity contribution in [3.63, 3.8) is 0 Å². The van der Waals surface area contributed by atoms with Gasteiger partial charge >= 0.3 is 6.18 Å². The lowest BCUT2D eigenvalue weighted by Gasteiger charge is -2.35. The number of nitrogens with zero attached hydrogens (tertiary/aromatic N) is 5. The molecule has 0 aliphatic carbocycles. The predicted octanol–water partition coefficient (Wildman–Crippen LogP) is 2.91. The molecule has 1 aromatic carbocycles. The largest absolute Gasteiger partial charge is 0.416 e. The van der Waals surface area contributed by atoms with E-state index in [1.807, 2.05) is 17.9 Å². The minimum atomic E-state index is -4.60. The summed E-state index contributed by atoms with van der Waals surface area (Å²) >= 11 is 0. The third-order valence-corrected chi connectivity index (χ3v) is 7.50. The summed E-state index contributed by atoms with van der Waals surface area (Å²) < 4.78 is 66.0. The monoisotopic (exact) mass is 455 g/mol. The molecule has 0 radical (unpaired) electrons. The zero-order valence-electron chi connectivity index (χ0n) is 17.1. The van der Waals surface area contributed by atoms with Gasteiger partial charge in [0.05, 0.1) is 10.5 Å². The van der Waals surface area contributed by atoms with E-state index >= 15 is 0 Å². The molecule has 168 valence electrons. The van der Waals surface area contributed by atoms with Crippen molar-refractivity contribution in [2.75, 3.05) is 49.1 Å². The van der Waals surface area contributed by atoms with E-state index in [9.17, 15) is 21.6 Å². The number of aryl methyl sites for hydroxylation is 1. The Hall–Kier alpha value is -2.40. The summed E-state index contributed by atoms with van der Waals surface area (Å²) in [4.78, 5) is 12.9. The second-order valence-electron chi connectivity index (χ2n) is 7.74. The lowest BCUT2D eigenvalue weighted by Crippen LogP contribution is -2.49. The SMILES string of the molecule is Cc1nc(N2CCCC2)cc(N2CCN(S(=O)(=O)c3cccc(C(F)(F)F)c3)CC2)n1. The first kappa shape index (κ1) is 21.8. The van der Waals surface area contributed by atoms with Crippen molar-refractivity contribution in [1.29, 1.82) is 0 Å². The number of rotatable bonds is 4. The van der Waals surface area contributed by atoms with E-state index < -0.39 is 21.8 Å². The summed E-state index contributed by atoms with van der Waals surface area (Å²) in [7, 11) is -4.01. The first-order valence-corrected chi connectivity index (χ1v) is 11.6. The first-order valence-electron chi connectivity index (χ1n) is 10.2. The van der Waals surface area contributed by atoms with Crippen LogP contribution in [0.4, 0.5) is 24.8 Å². The van der Waals surface area contributed by atoms with Gasteiger partial charge in [-0.2, -0.15) is 17.5 Å². The van der Waals surface area contributed by atoms with Crippen LogP contribution < -0.4 is 9.80 Å². The number of sulfonamides is 1. The summed E-state index contributed by atoms with van der Waals surface area (Å²) in [6, 6.07) is 5.81. The normalized spacial score (nSPS) is 18.6. The molecule has 1 aromatic heterocycles. The van der Waals surface area contributed by atoms with E-state index in [1.165, 1.54) is 10.4 Å². The summed E-state index contributed by atoms with van der Waals surface area (Å²) in [6.07, 6.45) is -2.34. The number of anilines is 2. The summed E-state index contributed by atoms with van der Waals surface area (Å²) in [5, 5.41) is 0. The maximum absolute atomic E-state index is 13.0. The fourth-order valence-electron chi connectivity index (χ4n) is 3.95. The third kappa shape index (κ3) is 4.62. The molecule has 0 spiro atoms. The molecule has 31 heavy (non-hydrogen) atoms. The van der Waals surface area contributed by atoms with Gasteiger partial charge < -0.3 is 9.80 Å². The average molecular weight is 456 g/mol. The highest BCUT2D eigenvalue weighted by molar-refractivity contribution is 7.89. The number of alkyl halides is 3. The molecule has 7 nitrogen and oxygen atoms in total. The Bertz CT molecular complexity index is 1050. The molecule has 2 aromatic rings. The van der Waals surface area contributed by atoms with Crippen molar-refractivity contribution < 1.29 is 21.6 Å². The average Bonchev–Trinajstić information content (AvgIpc) is 3.28. The Morgan fingerprint density at radius 3 is 2.03 bits per heavy atom. The van der Waals surface area contributed by atoms with Crippen molar-refractivity contribution in [2.24, 2.45) is 0 Å². The van der Waals surface area contributed by atoms with Crippen molar-refractivity contribution in [3.8, 4) is 0 Å². The van der Waals surface area contributed by atoms with Crippen molar-refractivity contribution in [2.45, 2.75) is 30.8 Å². The van der Waals surface area contributed by atoms with E-state index in [0.29, 0.717) is 25.0 Å². The molecule has 3 heterocycles. The van der Waals surface area contributed by atoms with E-state index in [1.54, 1.807) is 0 Å². The van der Waals surface area contributed by atoms with Crippen LogP contribution in [-0.4, -0.2) is 62.0 Å². The summed E-state index contributed by atoms with van der Waals surface area (Å²) in [5.74, 6) is 2.27. The molecule has 2 aliphatic heterocycles. The Labute approximate surface area is 179 Å². The number of aromatic nitrogens is 2. The number of hydrogen-bond acceptors (Lipinski definition) is 6. The van der Waals surface area contributed by atoms with Crippen LogP contribution in [0.15, 0.2) is 35.2 Å². The smallest absolute Gasteiger partial charge is 0.356 e. The van der Waals surface area contributed by atoms with E-state index in [0.717, 1.165) is 49.7 Å². The van der Waals surface area contributed by atoms with Crippen molar-refractivity contribution in [1.82, 2.24) is 14.3 Å². The fourth-order valence-corrected chi connectivity index (χ4v) is 5.41. The van der Waals surface area contributed by atoms with Crippen LogP contribution in [0.5, 0.6) is 0 Å². The van der Waals surface area contributed by atoms with Gasteiger partial charge in [0.25, 0.3) is 0 Å². The molecule has 2 saturated heterocycles. The summed E-state index contributed by atoms with van der Waals surface area (Å²) in [5.41, 5.74) is -0.974. The molecule has 0 bridgehead atoms. The van der Waals surface area contributed by atoms with E-state index in [-0.39, 0.29) is 18.0 Å². The molecule has 0 saturated carbocycles. The zero-order valence-corrected chi connectivity index (χ0v) is 18.0. The van der Waals surface area contributed by atoms with Crippen LogP contribution in [-0.2, 0) is 16.2 Å². The maximum atomic E-state index is 13.0. The highest BCUT2D eigenvalue weighted by atomic mass is 32.2. The van der Waals surface area contributed by atoms with Gasteiger partial charge in [-0.15, -0.1) is 0 Å². The molecule has 2 fully saturated rings. The molecule has 2 aliphatic rings. The quantitative estimate of drug-likeness (QED) is 0.706. The van der Waals surface area contributed by atoms with Gasteiger partial charge in [-0.1, -0.05) is 6.07 Å². The van der Waals surface area contributed by atoms with E-state index in [4.69, 9.17) is 0 Å². The Balaban J connectivity index is 1.49. The third-order valence-electron chi connectivity index (χ3n) is 5.60. The van der Waals surface area contributed by atoms with Crippen molar-refractivity contribution >= 4 is 21.7 Å². The van der Waals surface area contributed by atoms with Gasteiger partial charge in [0.2, 0.25) is 10.0 Å². The second kappa shape index (κ2) is 8.27. The molecule has 4 rings (SSSR count).